The molecule has 1 aliphatic carbocycles. The minimum absolute atomic E-state index is 0.0289. The molecule has 0 aromatic rings. The molecule has 1 unspecified atom stereocenters. The summed E-state index contributed by atoms with van der Waals surface area (Å²) in [6.45, 7) is 2.30. The Kier molecular flexibility index (Phi) is 8.35. The molecule has 1 saturated carbocycles. The molecule has 1 atom stereocenters. The van der Waals surface area contributed by atoms with Gasteiger partial charge in [0.05, 0.1) is 13.0 Å². The summed E-state index contributed by atoms with van der Waals surface area (Å²) in [6.07, 6.45) is 8.08. The van der Waals surface area contributed by atoms with Crippen LogP contribution in [0.4, 0.5) is 0 Å². The van der Waals surface area contributed by atoms with Crippen LogP contribution < -0.4 is 0 Å². The maximum atomic E-state index is 12.3. The Morgan fingerprint density at radius 1 is 1.10 bits per heavy atom. The number of hydrogen-bond acceptors (Lipinski definition) is 4. The third-order valence-corrected chi connectivity index (χ3v) is 4.18. The van der Waals surface area contributed by atoms with Gasteiger partial charge in [0.2, 0.25) is 5.91 Å². The van der Waals surface area contributed by atoms with Gasteiger partial charge in [-0.25, -0.2) is 0 Å². The van der Waals surface area contributed by atoms with Crippen molar-refractivity contribution in [3.63, 3.8) is 0 Å². The minimum Gasteiger partial charge on any atom is -0.469 e. The van der Waals surface area contributed by atoms with Crippen molar-refractivity contribution in [1.29, 1.82) is 0 Å². The van der Waals surface area contributed by atoms with Gasteiger partial charge in [0.1, 0.15) is 6.61 Å². The molecule has 21 heavy (non-hydrogen) atoms. The molecule has 1 rings (SSSR count). The summed E-state index contributed by atoms with van der Waals surface area (Å²) in [4.78, 5) is 25.8. The molecule has 0 heterocycles. The van der Waals surface area contributed by atoms with Crippen molar-refractivity contribution in [3.05, 3.63) is 0 Å². The highest BCUT2D eigenvalue weighted by molar-refractivity contribution is 5.79. The molecule has 0 radical (unpaired) electrons. The molecule has 0 spiro atoms. The zero-order valence-corrected chi connectivity index (χ0v) is 13.6. The first-order valence-corrected chi connectivity index (χ1v) is 7.96. The van der Waals surface area contributed by atoms with Crippen LogP contribution in [0.5, 0.6) is 0 Å². The van der Waals surface area contributed by atoms with Crippen molar-refractivity contribution >= 4 is 11.9 Å². The molecular weight excluding hydrogens is 270 g/mol. The van der Waals surface area contributed by atoms with Gasteiger partial charge in [0.15, 0.2) is 0 Å². The average Bonchev–Trinajstić information content (AvgIpc) is 2.44. The second kappa shape index (κ2) is 9.77. The predicted octanol–water partition coefficient (Wildman–Crippen LogP) is 2.38. The SMILES string of the molecule is COCC(=O)N(CC(C)C(=O)OC)C1CCCCCCC1. The Bertz CT molecular complexity index is 324. The van der Waals surface area contributed by atoms with Gasteiger partial charge in [0.25, 0.3) is 0 Å². The second-order valence-electron chi connectivity index (χ2n) is 5.90. The number of methoxy groups -OCH3 is 2. The number of ether oxygens (including phenoxy) is 2. The van der Waals surface area contributed by atoms with Crippen LogP contribution in [0.3, 0.4) is 0 Å². The molecule has 1 amide bonds. The summed E-state index contributed by atoms with van der Waals surface area (Å²) >= 11 is 0. The number of nitrogens with zero attached hydrogens (tertiary/aromatic N) is 1. The Hall–Kier alpha value is -1.10. The Balaban J connectivity index is 2.74. The first kappa shape index (κ1) is 18.0. The zero-order chi connectivity index (χ0) is 15.7. The van der Waals surface area contributed by atoms with E-state index in [0.717, 1.165) is 25.7 Å². The van der Waals surface area contributed by atoms with Crippen LogP contribution in [-0.2, 0) is 19.1 Å². The molecule has 1 aliphatic rings. The van der Waals surface area contributed by atoms with E-state index in [9.17, 15) is 9.59 Å². The standard InChI is InChI=1S/C16H29NO4/c1-13(16(19)21-3)11-17(15(18)12-20-2)14-9-7-5-4-6-8-10-14/h13-14H,4-12H2,1-3H3. The van der Waals surface area contributed by atoms with Gasteiger partial charge in [-0.3, -0.25) is 9.59 Å². The Morgan fingerprint density at radius 3 is 2.19 bits per heavy atom. The van der Waals surface area contributed by atoms with Crippen molar-refractivity contribution in [2.24, 2.45) is 5.92 Å². The first-order chi connectivity index (χ1) is 10.1. The topological polar surface area (TPSA) is 55.8 Å². The average molecular weight is 299 g/mol. The van der Waals surface area contributed by atoms with Crippen LogP contribution in [0.2, 0.25) is 0 Å². The highest BCUT2D eigenvalue weighted by Crippen LogP contribution is 2.22. The monoisotopic (exact) mass is 299 g/mol. The highest BCUT2D eigenvalue weighted by atomic mass is 16.5. The molecule has 0 bridgehead atoms. The van der Waals surface area contributed by atoms with Gasteiger partial charge < -0.3 is 14.4 Å². The van der Waals surface area contributed by atoms with Gasteiger partial charge in [-0.1, -0.05) is 39.0 Å². The quantitative estimate of drug-likeness (QED) is 0.707. The van der Waals surface area contributed by atoms with Crippen molar-refractivity contribution in [2.75, 3.05) is 27.4 Å². The fourth-order valence-corrected chi connectivity index (χ4v) is 2.98. The number of rotatable bonds is 6. The number of amides is 1. The van der Waals surface area contributed by atoms with Gasteiger partial charge in [-0.2, -0.15) is 0 Å². The van der Waals surface area contributed by atoms with Crippen molar-refractivity contribution in [1.82, 2.24) is 4.90 Å². The molecule has 0 aliphatic heterocycles. The van der Waals surface area contributed by atoms with Gasteiger partial charge >= 0.3 is 5.97 Å². The van der Waals surface area contributed by atoms with E-state index in [0.29, 0.717) is 6.54 Å². The number of carbonyl (C=O) groups is 2. The molecule has 1 fully saturated rings. The zero-order valence-electron chi connectivity index (χ0n) is 13.6. The summed E-state index contributed by atoms with van der Waals surface area (Å²) in [6, 6.07) is 0.222. The smallest absolute Gasteiger partial charge is 0.310 e. The van der Waals surface area contributed by atoms with E-state index in [1.54, 1.807) is 0 Å². The number of hydrogen-bond donors (Lipinski definition) is 0. The third-order valence-electron chi connectivity index (χ3n) is 4.18. The van der Waals surface area contributed by atoms with Crippen LogP contribution in [-0.4, -0.2) is 50.2 Å². The van der Waals surface area contributed by atoms with Gasteiger partial charge in [0, 0.05) is 19.7 Å². The minimum atomic E-state index is -0.304. The van der Waals surface area contributed by atoms with Crippen LogP contribution in [0, 0.1) is 5.92 Å². The van der Waals surface area contributed by atoms with Crippen molar-refractivity contribution < 1.29 is 19.1 Å². The lowest BCUT2D eigenvalue weighted by Gasteiger charge is -2.34. The maximum Gasteiger partial charge on any atom is 0.310 e. The van der Waals surface area contributed by atoms with E-state index in [4.69, 9.17) is 9.47 Å². The molecule has 0 N–H and O–H groups in total. The summed E-state index contributed by atoms with van der Waals surface area (Å²) in [5, 5.41) is 0. The molecule has 122 valence electrons. The predicted molar refractivity (Wildman–Crippen MR) is 80.9 cm³/mol. The molecule has 0 saturated heterocycles. The van der Waals surface area contributed by atoms with Crippen LogP contribution in [0.1, 0.15) is 51.9 Å². The highest BCUT2D eigenvalue weighted by Gasteiger charge is 2.27. The summed E-state index contributed by atoms with van der Waals surface area (Å²) in [5.41, 5.74) is 0. The fourth-order valence-electron chi connectivity index (χ4n) is 2.98. The largest absolute Gasteiger partial charge is 0.469 e. The lowest BCUT2D eigenvalue weighted by Crippen LogP contribution is -2.46. The molecule has 0 aromatic carbocycles. The summed E-state index contributed by atoms with van der Waals surface area (Å²) in [5.74, 6) is -0.601. The van der Waals surface area contributed by atoms with Crippen molar-refractivity contribution in [2.45, 2.75) is 57.9 Å². The lowest BCUT2D eigenvalue weighted by molar-refractivity contribution is -0.148. The molecule has 5 nitrogen and oxygen atoms in total. The van der Waals surface area contributed by atoms with E-state index in [1.807, 2.05) is 11.8 Å². The summed E-state index contributed by atoms with van der Waals surface area (Å²) < 4.78 is 9.77. The summed E-state index contributed by atoms with van der Waals surface area (Å²) in [7, 11) is 2.91. The number of esters is 1. The van der Waals surface area contributed by atoms with Gasteiger partial charge in [-0.05, 0) is 12.8 Å². The normalized spacial score (nSPS) is 18.4. The van der Waals surface area contributed by atoms with E-state index >= 15 is 0 Å². The van der Waals surface area contributed by atoms with E-state index < -0.39 is 0 Å². The lowest BCUT2D eigenvalue weighted by atomic mass is 9.94. The van der Waals surface area contributed by atoms with E-state index in [1.165, 1.54) is 33.5 Å². The van der Waals surface area contributed by atoms with E-state index in [2.05, 4.69) is 0 Å². The second-order valence-corrected chi connectivity index (χ2v) is 5.90. The molecule has 5 heteroatoms. The maximum absolute atomic E-state index is 12.3. The first-order valence-electron chi connectivity index (χ1n) is 7.96. The number of carbonyl (C=O) groups excluding carboxylic acids is 2. The van der Waals surface area contributed by atoms with Crippen molar-refractivity contribution in [3.8, 4) is 0 Å². The fraction of sp³-hybridized carbons (Fsp3) is 0.875. The Labute approximate surface area is 128 Å². The third kappa shape index (κ3) is 6.04. The van der Waals surface area contributed by atoms with Gasteiger partial charge in [-0.15, -0.1) is 0 Å². The van der Waals surface area contributed by atoms with Crippen LogP contribution in [0.15, 0.2) is 0 Å². The Morgan fingerprint density at radius 2 is 1.67 bits per heavy atom. The molecule has 0 aromatic heterocycles. The van der Waals surface area contributed by atoms with Crippen LogP contribution >= 0.6 is 0 Å². The van der Waals surface area contributed by atoms with E-state index in [-0.39, 0.29) is 30.4 Å². The van der Waals surface area contributed by atoms with Crippen LogP contribution in [0.25, 0.3) is 0 Å². The molecular formula is C16H29NO4.